The summed E-state index contributed by atoms with van der Waals surface area (Å²) in [6.45, 7) is 2.12. The van der Waals surface area contributed by atoms with Crippen LogP contribution < -0.4 is 0 Å². The molecule has 0 aromatic carbocycles. The van der Waals surface area contributed by atoms with Gasteiger partial charge in [-0.05, 0) is 26.9 Å². The van der Waals surface area contributed by atoms with Gasteiger partial charge in [0.05, 0.1) is 6.10 Å². The van der Waals surface area contributed by atoms with E-state index in [9.17, 15) is 5.11 Å². The van der Waals surface area contributed by atoms with E-state index < -0.39 is 0 Å². The molecule has 0 saturated heterocycles. The van der Waals surface area contributed by atoms with Crippen LogP contribution in [0.1, 0.15) is 19.8 Å². The standard InChI is InChI=1S/C7H15NO/c1-4-7(8(2)3)5-6(7)9/h6,9H,4-5H2,1-3H3. The molecule has 0 radical (unpaired) electrons. The summed E-state index contributed by atoms with van der Waals surface area (Å²) >= 11 is 0. The molecule has 1 saturated carbocycles. The summed E-state index contributed by atoms with van der Waals surface area (Å²) < 4.78 is 0. The monoisotopic (exact) mass is 129 g/mol. The van der Waals surface area contributed by atoms with Gasteiger partial charge in [-0.1, -0.05) is 6.92 Å². The van der Waals surface area contributed by atoms with Gasteiger partial charge in [0.15, 0.2) is 0 Å². The molecular weight excluding hydrogens is 114 g/mol. The molecule has 0 heterocycles. The zero-order chi connectivity index (χ0) is 7.07. The fourth-order valence-corrected chi connectivity index (χ4v) is 1.45. The lowest BCUT2D eigenvalue weighted by Crippen LogP contribution is -2.32. The molecule has 54 valence electrons. The molecule has 2 unspecified atom stereocenters. The van der Waals surface area contributed by atoms with Gasteiger partial charge >= 0.3 is 0 Å². The maximum Gasteiger partial charge on any atom is 0.0743 e. The Bertz CT molecular complexity index is 109. The van der Waals surface area contributed by atoms with Gasteiger partial charge in [0.25, 0.3) is 0 Å². The van der Waals surface area contributed by atoms with Crippen molar-refractivity contribution in [1.29, 1.82) is 0 Å². The summed E-state index contributed by atoms with van der Waals surface area (Å²) in [7, 11) is 4.06. The molecule has 1 aliphatic carbocycles. The number of rotatable bonds is 2. The first-order valence-electron chi connectivity index (χ1n) is 3.49. The van der Waals surface area contributed by atoms with Crippen molar-refractivity contribution in [3.8, 4) is 0 Å². The summed E-state index contributed by atoms with van der Waals surface area (Å²) in [4.78, 5) is 2.12. The lowest BCUT2D eigenvalue weighted by atomic mass is 10.2. The van der Waals surface area contributed by atoms with E-state index in [1.54, 1.807) is 0 Å². The SMILES string of the molecule is CCC1(N(C)C)CC1O. The second-order valence-electron chi connectivity index (χ2n) is 3.07. The van der Waals surface area contributed by atoms with Crippen molar-refractivity contribution in [3.63, 3.8) is 0 Å². The summed E-state index contributed by atoms with van der Waals surface area (Å²) in [5, 5.41) is 9.21. The molecular formula is C7H15NO. The molecule has 2 nitrogen and oxygen atoms in total. The molecule has 1 aliphatic rings. The minimum absolute atomic E-state index is 0.0718. The highest BCUT2D eigenvalue weighted by Crippen LogP contribution is 2.43. The topological polar surface area (TPSA) is 23.5 Å². The first kappa shape index (κ1) is 7.03. The molecule has 2 atom stereocenters. The van der Waals surface area contributed by atoms with Crippen LogP contribution in [0.15, 0.2) is 0 Å². The molecule has 0 bridgehead atoms. The Morgan fingerprint density at radius 2 is 2.11 bits per heavy atom. The van der Waals surface area contributed by atoms with E-state index in [2.05, 4.69) is 11.8 Å². The van der Waals surface area contributed by atoms with Crippen molar-refractivity contribution in [2.75, 3.05) is 14.1 Å². The van der Waals surface area contributed by atoms with Crippen molar-refractivity contribution in [2.45, 2.75) is 31.4 Å². The van der Waals surface area contributed by atoms with Crippen LogP contribution >= 0.6 is 0 Å². The number of likely N-dealkylation sites (N-methyl/N-ethyl adjacent to an activating group) is 1. The number of hydrogen-bond donors (Lipinski definition) is 1. The highest BCUT2D eigenvalue weighted by atomic mass is 16.3. The summed E-state index contributed by atoms with van der Waals surface area (Å²) in [5.74, 6) is 0. The van der Waals surface area contributed by atoms with Gasteiger partial charge in [-0.15, -0.1) is 0 Å². The second kappa shape index (κ2) is 1.96. The van der Waals surface area contributed by atoms with Gasteiger partial charge in [-0.3, -0.25) is 0 Å². The van der Waals surface area contributed by atoms with Gasteiger partial charge in [-0.25, -0.2) is 0 Å². The normalized spacial score (nSPS) is 41.7. The second-order valence-corrected chi connectivity index (χ2v) is 3.07. The van der Waals surface area contributed by atoms with Crippen LogP contribution in [0.4, 0.5) is 0 Å². The van der Waals surface area contributed by atoms with Crippen LogP contribution in [-0.4, -0.2) is 35.7 Å². The lowest BCUT2D eigenvalue weighted by molar-refractivity contribution is 0.162. The van der Waals surface area contributed by atoms with Crippen molar-refractivity contribution >= 4 is 0 Å². The van der Waals surface area contributed by atoms with Crippen LogP contribution in [0.2, 0.25) is 0 Å². The third kappa shape index (κ3) is 0.864. The predicted molar refractivity (Wildman–Crippen MR) is 37.3 cm³/mol. The Balaban J connectivity index is 2.52. The van der Waals surface area contributed by atoms with E-state index in [1.807, 2.05) is 14.1 Å². The Morgan fingerprint density at radius 1 is 1.67 bits per heavy atom. The maximum absolute atomic E-state index is 9.21. The van der Waals surface area contributed by atoms with E-state index in [0.717, 1.165) is 12.8 Å². The first-order valence-corrected chi connectivity index (χ1v) is 3.49. The largest absolute Gasteiger partial charge is 0.391 e. The van der Waals surface area contributed by atoms with E-state index in [4.69, 9.17) is 0 Å². The Morgan fingerprint density at radius 3 is 2.11 bits per heavy atom. The van der Waals surface area contributed by atoms with Crippen molar-refractivity contribution in [2.24, 2.45) is 0 Å². The van der Waals surface area contributed by atoms with Crippen LogP contribution in [-0.2, 0) is 0 Å². The van der Waals surface area contributed by atoms with E-state index in [-0.39, 0.29) is 11.6 Å². The first-order chi connectivity index (χ1) is 4.13. The molecule has 2 heteroatoms. The smallest absolute Gasteiger partial charge is 0.0743 e. The Labute approximate surface area is 56.5 Å². The molecule has 0 aromatic heterocycles. The predicted octanol–water partition coefficient (Wildman–Crippen LogP) is 0.461. The average molecular weight is 129 g/mol. The highest BCUT2D eigenvalue weighted by molar-refractivity contribution is 5.09. The number of aliphatic hydroxyl groups excluding tert-OH is 1. The Hall–Kier alpha value is -0.0800. The summed E-state index contributed by atoms with van der Waals surface area (Å²) in [6.07, 6.45) is 1.94. The van der Waals surface area contributed by atoms with E-state index in [1.165, 1.54) is 0 Å². The van der Waals surface area contributed by atoms with Crippen molar-refractivity contribution in [1.82, 2.24) is 4.90 Å². The van der Waals surface area contributed by atoms with Crippen LogP contribution in [0, 0.1) is 0 Å². The Kier molecular flexibility index (Phi) is 1.53. The molecule has 9 heavy (non-hydrogen) atoms. The summed E-state index contributed by atoms with van der Waals surface area (Å²) in [5.41, 5.74) is 0.139. The summed E-state index contributed by atoms with van der Waals surface area (Å²) in [6, 6.07) is 0. The van der Waals surface area contributed by atoms with Crippen LogP contribution in [0.3, 0.4) is 0 Å². The van der Waals surface area contributed by atoms with Crippen molar-refractivity contribution in [3.05, 3.63) is 0 Å². The third-order valence-electron chi connectivity index (χ3n) is 2.51. The van der Waals surface area contributed by atoms with Crippen molar-refractivity contribution < 1.29 is 5.11 Å². The minimum atomic E-state index is -0.0718. The molecule has 0 aliphatic heterocycles. The fourth-order valence-electron chi connectivity index (χ4n) is 1.45. The van der Waals surface area contributed by atoms with Crippen LogP contribution in [0.25, 0.3) is 0 Å². The average Bonchev–Trinajstić information content (AvgIpc) is 2.43. The number of nitrogens with zero attached hydrogens (tertiary/aromatic N) is 1. The third-order valence-corrected chi connectivity index (χ3v) is 2.51. The quantitative estimate of drug-likeness (QED) is 0.585. The van der Waals surface area contributed by atoms with Crippen LogP contribution in [0.5, 0.6) is 0 Å². The molecule has 0 aromatic rings. The zero-order valence-corrected chi connectivity index (χ0v) is 6.39. The molecule has 1 fully saturated rings. The van der Waals surface area contributed by atoms with Gasteiger partial charge in [0.1, 0.15) is 0 Å². The van der Waals surface area contributed by atoms with Gasteiger partial charge < -0.3 is 10.0 Å². The zero-order valence-electron chi connectivity index (χ0n) is 6.39. The minimum Gasteiger partial charge on any atom is -0.391 e. The fraction of sp³-hybridized carbons (Fsp3) is 1.00. The van der Waals surface area contributed by atoms with Gasteiger partial charge in [-0.2, -0.15) is 0 Å². The number of hydrogen-bond acceptors (Lipinski definition) is 2. The van der Waals surface area contributed by atoms with E-state index in [0.29, 0.717) is 0 Å². The molecule has 1 rings (SSSR count). The van der Waals surface area contributed by atoms with E-state index >= 15 is 0 Å². The molecule has 0 amide bonds. The molecule has 1 N–H and O–H groups in total. The number of aliphatic hydroxyl groups is 1. The van der Waals surface area contributed by atoms with Gasteiger partial charge in [0, 0.05) is 5.54 Å². The highest BCUT2D eigenvalue weighted by Gasteiger charge is 2.53. The van der Waals surface area contributed by atoms with Gasteiger partial charge in [0.2, 0.25) is 0 Å². The molecule has 0 spiro atoms. The lowest BCUT2D eigenvalue weighted by Gasteiger charge is -2.21. The maximum atomic E-state index is 9.21.